The first-order chi connectivity index (χ1) is 11.1. The van der Waals surface area contributed by atoms with Gasteiger partial charge in [-0.25, -0.2) is 4.79 Å². The maximum absolute atomic E-state index is 13.1. The Morgan fingerprint density at radius 3 is 2.62 bits per heavy atom. The van der Waals surface area contributed by atoms with Gasteiger partial charge in [-0.3, -0.25) is 0 Å². The largest absolute Gasteiger partial charge is 0.478 e. The van der Waals surface area contributed by atoms with Gasteiger partial charge in [0.1, 0.15) is 5.75 Å². The van der Waals surface area contributed by atoms with Crippen LogP contribution in [0.15, 0.2) is 22.6 Å². The van der Waals surface area contributed by atoms with E-state index in [1.54, 1.807) is 0 Å². The van der Waals surface area contributed by atoms with Crippen LogP contribution in [0.25, 0.3) is 6.08 Å². The SMILES string of the molecule is CC(C)CCSc1cc2c(cc1Cl)C=C(C(=O)O)C(C(F)(F)F)O2. The van der Waals surface area contributed by atoms with Crippen molar-refractivity contribution in [3.8, 4) is 5.75 Å². The number of aliphatic carboxylic acids is 1. The minimum Gasteiger partial charge on any atom is -0.478 e. The third-order valence-electron chi connectivity index (χ3n) is 3.40. The van der Waals surface area contributed by atoms with Crippen LogP contribution in [-0.2, 0) is 4.79 Å². The van der Waals surface area contributed by atoms with Crippen LogP contribution in [0.1, 0.15) is 25.8 Å². The third-order valence-corrected chi connectivity index (χ3v) is 4.91. The average Bonchev–Trinajstić information content (AvgIpc) is 2.45. The van der Waals surface area contributed by atoms with Crippen molar-refractivity contribution in [2.75, 3.05) is 5.75 Å². The number of fused-ring (bicyclic) bond motifs is 1. The molecule has 0 fully saturated rings. The van der Waals surface area contributed by atoms with Gasteiger partial charge in [-0.2, -0.15) is 13.2 Å². The number of rotatable bonds is 5. The molecule has 1 aliphatic heterocycles. The van der Waals surface area contributed by atoms with E-state index in [2.05, 4.69) is 13.8 Å². The van der Waals surface area contributed by atoms with Crippen LogP contribution < -0.4 is 4.74 Å². The zero-order valence-corrected chi connectivity index (χ0v) is 14.6. The zero-order valence-electron chi connectivity index (χ0n) is 13.0. The molecule has 0 spiro atoms. The molecule has 1 aromatic rings. The van der Waals surface area contributed by atoms with Gasteiger partial charge in [0, 0.05) is 10.5 Å². The maximum atomic E-state index is 13.1. The number of alkyl halides is 3. The van der Waals surface area contributed by atoms with Crippen LogP contribution in [0, 0.1) is 5.92 Å². The van der Waals surface area contributed by atoms with E-state index >= 15 is 0 Å². The molecule has 1 aromatic carbocycles. The highest BCUT2D eigenvalue weighted by Crippen LogP contribution is 2.41. The molecule has 1 aliphatic rings. The number of carbonyl (C=O) groups is 1. The van der Waals surface area contributed by atoms with Crippen LogP contribution >= 0.6 is 23.4 Å². The van der Waals surface area contributed by atoms with Crippen molar-refractivity contribution in [3.05, 3.63) is 28.3 Å². The van der Waals surface area contributed by atoms with E-state index in [4.69, 9.17) is 21.4 Å². The summed E-state index contributed by atoms with van der Waals surface area (Å²) in [5.74, 6) is -0.413. The molecule has 0 aliphatic carbocycles. The normalized spacial score (nSPS) is 17.3. The van der Waals surface area contributed by atoms with Gasteiger partial charge in [0.05, 0.1) is 10.6 Å². The van der Waals surface area contributed by atoms with Crippen LogP contribution in [0.3, 0.4) is 0 Å². The fourth-order valence-corrected chi connectivity index (χ4v) is 3.66. The first-order valence-electron chi connectivity index (χ1n) is 7.24. The minimum absolute atomic E-state index is 0.0150. The molecule has 1 heterocycles. The van der Waals surface area contributed by atoms with E-state index in [9.17, 15) is 18.0 Å². The number of carboxylic acids is 1. The van der Waals surface area contributed by atoms with Gasteiger partial charge < -0.3 is 9.84 Å². The zero-order chi connectivity index (χ0) is 18.1. The topological polar surface area (TPSA) is 46.5 Å². The Morgan fingerprint density at radius 2 is 2.08 bits per heavy atom. The van der Waals surface area contributed by atoms with Gasteiger partial charge in [0.15, 0.2) is 0 Å². The summed E-state index contributed by atoms with van der Waals surface area (Å²) in [5, 5.41) is 9.36. The van der Waals surface area contributed by atoms with Gasteiger partial charge in [-0.05, 0) is 36.3 Å². The highest BCUT2D eigenvalue weighted by Gasteiger charge is 2.48. The molecule has 1 N–H and O–H groups in total. The Morgan fingerprint density at radius 1 is 1.42 bits per heavy atom. The smallest absolute Gasteiger partial charge is 0.430 e. The molecule has 0 radical (unpaired) electrons. The summed E-state index contributed by atoms with van der Waals surface area (Å²) in [7, 11) is 0. The summed E-state index contributed by atoms with van der Waals surface area (Å²) in [6, 6.07) is 2.88. The molecular formula is C16H16ClF3O3S. The molecule has 24 heavy (non-hydrogen) atoms. The Kier molecular flexibility index (Phi) is 5.75. The fourth-order valence-electron chi connectivity index (χ4n) is 2.13. The minimum atomic E-state index is -4.81. The molecule has 0 bridgehead atoms. The van der Waals surface area contributed by atoms with Crippen molar-refractivity contribution in [3.63, 3.8) is 0 Å². The molecule has 8 heteroatoms. The van der Waals surface area contributed by atoms with E-state index in [0.29, 0.717) is 15.8 Å². The lowest BCUT2D eigenvalue weighted by Gasteiger charge is -2.27. The lowest BCUT2D eigenvalue weighted by atomic mass is 10.0. The highest BCUT2D eigenvalue weighted by molar-refractivity contribution is 7.99. The number of hydrogen-bond acceptors (Lipinski definition) is 3. The predicted octanol–water partition coefficient (Wildman–Crippen LogP) is 5.27. The second-order valence-corrected chi connectivity index (χ2v) is 7.34. The maximum Gasteiger partial charge on any atom is 0.430 e. The Bertz CT molecular complexity index is 671. The summed E-state index contributed by atoms with van der Waals surface area (Å²) in [6.07, 6.45) is -5.40. The molecular weight excluding hydrogens is 365 g/mol. The highest BCUT2D eigenvalue weighted by atomic mass is 35.5. The molecule has 3 nitrogen and oxygen atoms in total. The van der Waals surface area contributed by atoms with Crippen molar-refractivity contribution in [1.82, 2.24) is 0 Å². The number of thioether (sulfide) groups is 1. The number of benzene rings is 1. The lowest BCUT2D eigenvalue weighted by molar-refractivity contribution is -0.187. The van der Waals surface area contributed by atoms with E-state index in [0.717, 1.165) is 18.2 Å². The monoisotopic (exact) mass is 380 g/mol. The van der Waals surface area contributed by atoms with Crippen molar-refractivity contribution < 1.29 is 27.8 Å². The Labute approximate surface area is 146 Å². The Hall–Kier alpha value is -1.34. The van der Waals surface area contributed by atoms with Crippen molar-refractivity contribution >= 4 is 35.4 Å². The van der Waals surface area contributed by atoms with Crippen LogP contribution in [0.4, 0.5) is 13.2 Å². The number of ether oxygens (including phenoxy) is 1. The standard InChI is InChI=1S/C16H16ClF3O3S/c1-8(2)3-4-24-13-7-12-9(6-11(13)17)5-10(15(21)22)14(23-12)16(18,19)20/h5-8,14H,3-4H2,1-2H3,(H,21,22). The van der Waals surface area contributed by atoms with Gasteiger partial charge in [0.25, 0.3) is 0 Å². The summed E-state index contributed by atoms with van der Waals surface area (Å²) in [5.41, 5.74) is -0.627. The third kappa shape index (κ3) is 4.39. The predicted molar refractivity (Wildman–Crippen MR) is 87.7 cm³/mol. The van der Waals surface area contributed by atoms with Gasteiger partial charge >= 0.3 is 12.1 Å². The molecule has 132 valence electrons. The Balaban J connectivity index is 2.34. The van der Waals surface area contributed by atoms with Gasteiger partial charge in [-0.1, -0.05) is 25.4 Å². The molecule has 0 aromatic heterocycles. The van der Waals surface area contributed by atoms with Crippen molar-refractivity contribution in [2.45, 2.75) is 37.4 Å². The second kappa shape index (κ2) is 7.27. The summed E-state index contributed by atoms with van der Waals surface area (Å²) in [4.78, 5) is 11.7. The number of carboxylic acid groups (broad SMARTS) is 1. The van der Waals surface area contributed by atoms with E-state index in [1.807, 2.05) is 0 Å². The summed E-state index contributed by atoms with van der Waals surface area (Å²) >= 11 is 7.59. The fraction of sp³-hybridized carbons (Fsp3) is 0.438. The molecule has 1 unspecified atom stereocenters. The lowest BCUT2D eigenvalue weighted by Crippen LogP contribution is -2.40. The molecule has 1 atom stereocenters. The van der Waals surface area contributed by atoms with Crippen molar-refractivity contribution in [1.29, 1.82) is 0 Å². The van der Waals surface area contributed by atoms with Crippen LogP contribution in [-0.4, -0.2) is 29.1 Å². The molecule has 0 saturated carbocycles. The van der Waals surface area contributed by atoms with Gasteiger partial charge in [-0.15, -0.1) is 11.8 Å². The number of halogens is 4. The average molecular weight is 381 g/mol. The molecule has 0 saturated heterocycles. The number of hydrogen-bond donors (Lipinski definition) is 1. The summed E-state index contributed by atoms with van der Waals surface area (Å²) < 4.78 is 44.1. The first-order valence-corrected chi connectivity index (χ1v) is 8.60. The van der Waals surface area contributed by atoms with Crippen molar-refractivity contribution in [2.24, 2.45) is 5.92 Å². The second-order valence-electron chi connectivity index (χ2n) is 5.80. The summed E-state index contributed by atoms with van der Waals surface area (Å²) in [6.45, 7) is 4.15. The van der Waals surface area contributed by atoms with E-state index in [1.165, 1.54) is 23.9 Å². The molecule has 0 amide bonds. The van der Waals surface area contributed by atoms with Crippen LogP contribution in [0.2, 0.25) is 5.02 Å². The van der Waals surface area contributed by atoms with E-state index in [-0.39, 0.29) is 11.3 Å². The first kappa shape index (κ1) is 19.0. The van der Waals surface area contributed by atoms with E-state index < -0.39 is 23.8 Å². The van der Waals surface area contributed by atoms with Gasteiger partial charge in [0.2, 0.25) is 6.10 Å². The van der Waals surface area contributed by atoms with Crippen LogP contribution in [0.5, 0.6) is 5.75 Å². The quantitative estimate of drug-likeness (QED) is 0.707. The molecule has 2 rings (SSSR count).